The third kappa shape index (κ3) is 1.16. The first kappa shape index (κ1) is 7.79. The molecule has 4 heteroatoms. The van der Waals surface area contributed by atoms with Crippen molar-refractivity contribution < 1.29 is 14.3 Å². The zero-order chi connectivity index (χ0) is 9.42. The van der Waals surface area contributed by atoms with Gasteiger partial charge in [-0.3, -0.25) is 0 Å². The molecular formula is C9H6FNO2. The summed E-state index contributed by atoms with van der Waals surface area (Å²) < 4.78 is 13.1. The van der Waals surface area contributed by atoms with Crippen LogP contribution in [0.4, 0.5) is 4.39 Å². The number of nitrogens with one attached hydrogen (secondary N) is 1. The van der Waals surface area contributed by atoms with Crippen LogP contribution in [0.5, 0.6) is 0 Å². The van der Waals surface area contributed by atoms with Gasteiger partial charge >= 0.3 is 5.97 Å². The molecule has 0 amide bonds. The number of fused-ring (bicyclic) bond motifs is 1. The van der Waals surface area contributed by atoms with E-state index in [-0.39, 0.29) is 5.56 Å². The number of hydrogen-bond donors (Lipinski definition) is 2. The van der Waals surface area contributed by atoms with Gasteiger partial charge in [-0.1, -0.05) is 0 Å². The van der Waals surface area contributed by atoms with E-state index in [4.69, 9.17) is 5.11 Å². The molecule has 0 fully saturated rings. The first-order valence-corrected chi connectivity index (χ1v) is 3.68. The second-order valence-electron chi connectivity index (χ2n) is 2.71. The van der Waals surface area contributed by atoms with Crippen LogP contribution in [0.3, 0.4) is 0 Å². The largest absolute Gasteiger partial charge is 0.478 e. The number of halogens is 1. The maximum atomic E-state index is 13.1. The van der Waals surface area contributed by atoms with Gasteiger partial charge in [0.2, 0.25) is 0 Å². The lowest BCUT2D eigenvalue weighted by atomic mass is 10.1. The minimum atomic E-state index is -1.12. The summed E-state index contributed by atoms with van der Waals surface area (Å²) >= 11 is 0. The summed E-state index contributed by atoms with van der Waals surface area (Å²) in [5.41, 5.74) is 0.301. The van der Waals surface area contributed by atoms with Crippen molar-refractivity contribution in [3.8, 4) is 0 Å². The van der Waals surface area contributed by atoms with Crippen molar-refractivity contribution in [2.75, 3.05) is 0 Å². The summed E-state index contributed by atoms with van der Waals surface area (Å²) in [5, 5.41) is 9.20. The molecule has 2 N–H and O–H groups in total. The summed E-state index contributed by atoms with van der Waals surface area (Å²) in [6.07, 6.45) is 1.57. The van der Waals surface area contributed by atoms with Gasteiger partial charge in [-0.2, -0.15) is 0 Å². The summed E-state index contributed by atoms with van der Waals surface area (Å²) in [4.78, 5) is 13.2. The highest BCUT2D eigenvalue weighted by atomic mass is 19.1. The lowest BCUT2D eigenvalue weighted by molar-refractivity contribution is 0.0696. The Hall–Kier alpha value is -1.84. The predicted octanol–water partition coefficient (Wildman–Crippen LogP) is 2.01. The molecule has 0 unspecified atom stereocenters. The molecule has 0 bridgehead atoms. The fraction of sp³-hybridized carbons (Fsp3) is 0. The molecule has 66 valence electrons. The Balaban J connectivity index is 2.77. The molecular weight excluding hydrogens is 173 g/mol. The van der Waals surface area contributed by atoms with Crippen molar-refractivity contribution in [1.82, 2.24) is 4.98 Å². The molecule has 0 spiro atoms. The van der Waals surface area contributed by atoms with Crippen LogP contribution in [0.15, 0.2) is 24.4 Å². The van der Waals surface area contributed by atoms with Crippen LogP contribution in [0.2, 0.25) is 0 Å². The first-order valence-electron chi connectivity index (χ1n) is 3.68. The van der Waals surface area contributed by atoms with Crippen LogP contribution in [0.1, 0.15) is 10.4 Å². The van der Waals surface area contributed by atoms with Crippen LogP contribution >= 0.6 is 0 Å². The summed E-state index contributed by atoms with van der Waals surface area (Å²) in [5.74, 6) is -1.66. The number of aromatic carboxylic acids is 1. The molecule has 0 radical (unpaired) electrons. The molecule has 1 heterocycles. The lowest BCUT2D eigenvalue weighted by Gasteiger charge is -1.96. The van der Waals surface area contributed by atoms with E-state index < -0.39 is 11.8 Å². The van der Waals surface area contributed by atoms with Gasteiger partial charge in [-0.05, 0) is 18.2 Å². The molecule has 0 atom stereocenters. The highest BCUT2D eigenvalue weighted by Gasteiger charge is 2.08. The minimum Gasteiger partial charge on any atom is -0.478 e. The Labute approximate surface area is 72.8 Å². The molecule has 0 aliphatic carbocycles. The number of rotatable bonds is 1. The third-order valence-corrected chi connectivity index (χ3v) is 1.86. The Morgan fingerprint density at radius 3 is 2.92 bits per heavy atom. The van der Waals surface area contributed by atoms with E-state index in [2.05, 4.69) is 4.98 Å². The fourth-order valence-electron chi connectivity index (χ4n) is 1.25. The van der Waals surface area contributed by atoms with Gasteiger partial charge < -0.3 is 10.1 Å². The second kappa shape index (κ2) is 2.58. The summed E-state index contributed by atoms with van der Waals surface area (Å²) in [7, 11) is 0. The Morgan fingerprint density at radius 1 is 1.46 bits per heavy atom. The first-order chi connectivity index (χ1) is 6.18. The van der Waals surface area contributed by atoms with Crippen molar-refractivity contribution in [3.63, 3.8) is 0 Å². The topological polar surface area (TPSA) is 53.1 Å². The van der Waals surface area contributed by atoms with Crippen molar-refractivity contribution in [1.29, 1.82) is 0 Å². The van der Waals surface area contributed by atoms with E-state index in [1.165, 1.54) is 6.07 Å². The Morgan fingerprint density at radius 2 is 2.23 bits per heavy atom. The standard InChI is InChI=1S/C9H6FNO2/c10-7-4-6(9(12)13)3-5-1-2-11-8(5)7/h1-4,11H,(H,12,13). The Bertz CT molecular complexity index is 475. The van der Waals surface area contributed by atoms with Crippen molar-refractivity contribution >= 4 is 16.9 Å². The number of aromatic nitrogens is 1. The van der Waals surface area contributed by atoms with E-state index in [1.807, 2.05) is 0 Å². The highest BCUT2D eigenvalue weighted by molar-refractivity contribution is 5.93. The number of H-pyrrole nitrogens is 1. The van der Waals surface area contributed by atoms with Gasteiger partial charge in [-0.15, -0.1) is 0 Å². The number of aromatic amines is 1. The number of carboxylic acids is 1. The van der Waals surface area contributed by atoms with Gasteiger partial charge in [0.1, 0.15) is 5.82 Å². The normalized spacial score (nSPS) is 10.5. The van der Waals surface area contributed by atoms with E-state index >= 15 is 0 Å². The lowest BCUT2D eigenvalue weighted by Crippen LogP contribution is -1.96. The molecule has 0 saturated carbocycles. The minimum absolute atomic E-state index is 0.0374. The summed E-state index contributed by atoms with van der Waals surface area (Å²) in [6.45, 7) is 0. The van der Waals surface area contributed by atoms with Gasteiger partial charge in [0.15, 0.2) is 0 Å². The zero-order valence-electron chi connectivity index (χ0n) is 6.54. The predicted molar refractivity (Wildman–Crippen MR) is 45.2 cm³/mol. The average Bonchev–Trinajstić information content (AvgIpc) is 2.51. The number of carboxylic acid groups (broad SMARTS) is 1. The SMILES string of the molecule is O=C(O)c1cc(F)c2[nH]ccc2c1. The Kier molecular flexibility index (Phi) is 1.55. The maximum Gasteiger partial charge on any atom is 0.335 e. The molecule has 13 heavy (non-hydrogen) atoms. The maximum absolute atomic E-state index is 13.1. The monoisotopic (exact) mass is 179 g/mol. The van der Waals surface area contributed by atoms with Gasteiger partial charge in [-0.25, -0.2) is 9.18 Å². The second-order valence-corrected chi connectivity index (χ2v) is 2.71. The molecule has 0 aliphatic rings. The van der Waals surface area contributed by atoms with Crippen LogP contribution in [0.25, 0.3) is 10.9 Å². The average molecular weight is 179 g/mol. The van der Waals surface area contributed by atoms with Crippen LogP contribution in [-0.4, -0.2) is 16.1 Å². The van der Waals surface area contributed by atoms with Gasteiger partial charge in [0, 0.05) is 11.6 Å². The number of benzene rings is 1. The highest BCUT2D eigenvalue weighted by Crippen LogP contribution is 2.18. The van der Waals surface area contributed by atoms with E-state index in [1.54, 1.807) is 12.3 Å². The number of hydrogen-bond acceptors (Lipinski definition) is 1. The van der Waals surface area contributed by atoms with Crippen LogP contribution in [-0.2, 0) is 0 Å². The molecule has 3 nitrogen and oxygen atoms in total. The smallest absolute Gasteiger partial charge is 0.335 e. The van der Waals surface area contributed by atoms with Crippen LogP contribution < -0.4 is 0 Å². The van der Waals surface area contributed by atoms with Crippen molar-refractivity contribution in [2.45, 2.75) is 0 Å². The molecule has 2 aromatic rings. The van der Waals surface area contributed by atoms with E-state index in [9.17, 15) is 9.18 Å². The van der Waals surface area contributed by atoms with E-state index in [0.29, 0.717) is 10.9 Å². The molecule has 0 aliphatic heterocycles. The fourth-order valence-corrected chi connectivity index (χ4v) is 1.25. The summed E-state index contributed by atoms with van der Waals surface area (Å²) in [6, 6.07) is 4.06. The third-order valence-electron chi connectivity index (χ3n) is 1.86. The van der Waals surface area contributed by atoms with Crippen LogP contribution in [0, 0.1) is 5.82 Å². The van der Waals surface area contributed by atoms with Gasteiger partial charge in [0.25, 0.3) is 0 Å². The van der Waals surface area contributed by atoms with Crippen molar-refractivity contribution in [2.24, 2.45) is 0 Å². The molecule has 2 rings (SSSR count). The van der Waals surface area contributed by atoms with Gasteiger partial charge in [0.05, 0.1) is 11.1 Å². The zero-order valence-corrected chi connectivity index (χ0v) is 6.54. The molecule has 1 aromatic heterocycles. The molecule has 1 aromatic carbocycles. The number of carbonyl (C=O) groups is 1. The quantitative estimate of drug-likeness (QED) is 0.703. The van der Waals surface area contributed by atoms with Crippen molar-refractivity contribution in [3.05, 3.63) is 35.8 Å². The molecule has 0 saturated heterocycles. The van der Waals surface area contributed by atoms with E-state index in [0.717, 1.165) is 6.07 Å².